The van der Waals surface area contributed by atoms with Gasteiger partial charge in [-0.1, -0.05) is 25.1 Å². The van der Waals surface area contributed by atoms with E-state index in [-0.39, 0.29) is 23.4 Å². The van der Waals surface area contributed by atoms with Gasteiger partial charge in [0, 0.05) is 30.9 Å². The molecule has 0 saturated heterocycles. The van der Waals surface area contributed by atoms with Crippen LogP contribution in [0.15, 0.2) is 59.7 Å². The first-order valence-electron chi connectivity index (χ1n) is 12.4. The molecule has 0 radical (unpaired) electrons. The highest BCUT2D eigenvalue weighted by molar-refractivity contribution is 5.94. The van der Waals surface area contributed by atoms with Crippen LogP contribution in [0.5, 0.6) is 0 Å². The zero-order valence-corrected chi connectivity index (χ0v) is 21.8. The molecule has 11 heteroatoms. The van der Waals surface area contributed by atoms with E-state index in [9.17, 15) is 10.1 Å². The number of nitrogen functional groups attached to an aromatic ring is 1. The first-order chi connectivity index (χ1) is 18.8. The Labute approximate surface area is 223 Å². The Hall–Kier alpha value is -5.11. The number of halogens is 1. The molecular formula is C28H26FN9O. The van der Waals surface area contributed by atoms with Crippen LogP contribution in [-0.2, 0) is 13.6 Å². The summed E-state index contributed by atoms with van der Waals surface area (Å²) in [6.45, 7) is 4.35. The average molecular weight is 524 g/mol. The number of nitrogens with two attached hydrogens (primary N) is 1. The van der Waals surface area contributed by atoms with E-state index in [1.54, 1.807) is 37.0 Å². The molecule has 2 aromatic carbocycles. The maximum absolute atomic E-state index is 15.2. The first-order valence-corrected chi connectivity index (χ1v) is 12.4. The van der Waals surface area contributed by atoms with Crippen molar-refractivity contribution in [1.29, 1.82) is 5.26 Å². The smallest absolute Gasteiger partial charge is 0.266 e. The van der Waals surface area contributed by atoms with Crippen molar-refractivity contribution in [3.8, 4) is 22.9 Å². The first kappa shape index (κ1) is 25.5. The fourth-order valence-corrected chi connectivity index (χ4v) is 4.72. The molecule has 0 fully saturated rings. The van der Waals surface area contributed by atoms with E-state index < -0.39 is 11.4 Å². The Balaban J connectivity index is 1.78. The lowest BCUT2D eigenvalue weighted by atomic mass is 10.0. The van der Waals surface area contributed by atoms with Gasteiger partial charge in [0.2, 0.25) is 5.95 Å². The van der Waals surface area contributed by atoms with E-state index in [2.05, 4.69) is 21.1 Å². The number of aromatic nitrogens is 6. The lowest BCUT2D eigenvalue weighted by Crippen LogP contribution is -2.32. The number of nitrogens with zero attached hydrogens (tertiary/aromatic N) is 8. The molecule has 3 aromatic heterocycles. The van der Waals surface area contributed by atoms with Crippen LogP contribution in [0.2, 0.25) is 0 Å². The van der Waals surface area contributed by atoms with E-state index >= 15 is 4.39 Å². The highest BCUT2D eigenvalue weighted by atomic mass is 19.1. The second-order valence-corrected chi connectivity index (χ2v) is 9.12. The standard InChI is InChI=1S/C28H26FN9O/c1-4-12-37(26-20(13-30)17(2)33-28(31)35-26)16-23-34-22-11-10-21(29)24(18-14-32-36(3)15-18)25(22)27(39)38(23)19-8-6-5-7-9-19/h5-11,14-15H,4,12,16H2,1-3H3,(H2,31,33,35). The summed E-state index contributed by atoms with van der Waals surface area (Å²) >= 11 is 0. The van der Waals surface area contributed by atoms with Crippen LogP contribution in [0, 0.1) is 24.1 Å². The summed E-state index contributed by atoms with van der Waals surface area (Å²) in [6, 6.07) is 14.0. The molecule has 0 unspecified atom stereocenters. The van der Waals surface area contributed by atoms with Gasteiger partial charge < -0.3 is 10.6 Å². The van der Waals surface area contributed by atoms with Crippen molar-refractivity contribution in [2.75, 3.05) is 17.2 Å². The van der Waals surface area contributed by atoms with Crippen LogP contribution in [0.1, 0.15) is 30.4 Å². The molecule has 196 valence electrons. The Morgan fingerprint density at radius 1 is 1.13 bits per heavy atom. The second-order valence-electron chi connectivity index (χ2n) is 9.12. The van der Waals surface area contributed by atoms with Crippen LogP contribution in [-0.4, -0.2) is 35.8 Å². The summed E-state index contributed by atoms with van der Waals surface area (Å²) < 4.78 is 18.3. The van der Waals surface area contributed by atoms with Crippen molar-refractivity contribution < 1.29 is 4.39 Å². The number of para-hydroxylation sites is 1. The topological polar surface area (TPSA) is 132 Å². The molecule has 0 atom stereocenters. The van der Waals surface area contributed by atoms with Crippen LogP contribution in [0.3, 0.4) is 0 Å². The number of hydrogen-bond acceptors (Lipinski definition) is 8. The number of fused-ring (bicyclic) bond motifs is 1. The number of benzene rings is 2. The fraction of sp³-hybridized carbons (Fsp3) is 0.214. The van der Waals surface area contributed by atoms with Crippen LogP contribution in [0.4, 0.5) is 16.2 Å². The quantitative estimate of drug-likeness (QED) is 0.340. The van der Waals surface area contributed by atoms with Crippen molar-refractivity contribution in [2.24, 2.45) is 7.05 Å². The normalized spacial score (nSPS) is 11.1. The average Bonchev–Trinajstić information content (AvgIpc) is 3.34. The maximum atomic E-state index is 15.2. The molecule has 0 amide bonds. The van der Waals surface area contributed by atoms with E-state index in [1.165, 1.54) is 22.9 Å². The summed E-state index contributed by atoms with van der Waals surface area (Å²) in [5, 5.41) is 14.2. The molecule has 3 heterocycles. The van der Waals surface area contributed by atoms with E-state index in [0.717, 1.165) is 6.42 Å². The molecule has 39 heavy (non-hydrogen) atoms. The maximum Gasteiger partial charge on any atom is 0.266 e. The number of rotatable bonds is 7. The largest absolute Gasteiger partial charge is 0.368 e. The van der Waals surface area contributed by atoms with Gasteiger partial charge in [0.25, 0.3) is 5.56 Å². The van der Waals surface area contributed by atoms with Crippen LogP contribution < -0.4 is 16.2 Å². The zero-order valence-electron chi connectivity index (χ0n) is 21.8. The second kappa shape index (κ2) is 10.3. The molecule has 0 aliphatic rings. The Bertz CT molecular complexity index is 1790. The number of nitriles is 1. The van der Waals surface area contributed by atoms with Gasteiger partial charge in [0.05, 0.1) is 35.0 Å². The summed E-state index contributed by atoms with van der Waals surface area (Å²) in [7, 11) is 1.73. The van der Waals surface area contributed by atoms with Gasteiger partial charge in [-0.3, -0.25) is 14.0 Å². The van der Waals surface area contributed by atoms with Crippen LogP contribution in [0.25, 0.3) is 27.7 Å². The predicted molar refractivity (Wildman–Crippen MR) is 147 cm³/mol. The van der Waals surface area contributed by atoms with Crippen molar-refractivity contribution in [3.63, 3.8) is 0 Å². The van der Waals surface area contributed by atoms with E-state index in [4.69, 9.17) is 10.7 Å². The molecule has 0 spiro atoms. The van der Waals surface area contributed by atoms with E-state index in [0.29, 0.717) is 46.2 Å². The van der Waals surface area contributed by atoms with Gasteiger partial charge in [-0.25, -0.2) is 14.4 Å². The molecule has 0 saturated carbocycles. The molecule has 2 N–H and O–H groups in total. The molecule has 5 rings (SSSR count). The third-order valence-corrected chi connectivity index (χ3v) is 6.39. The minimum atomic E-state index is -0.542. The third kappa shape index (κ3) is 4.68. The number of aryl methyl sites for hydroxylation is 2. The van der Waals surface area contributed by atoms with Gasteiger partial charge in [-0.05, 0) is 37.6 Å². The summed E-state index contributed by atoms with van der Waals surface area (Å²) in [4.78, 5) is 29.4. The van der Waals surface area contributed by atoms with Gasteiger partial charge in [0.15, 0.2) is 5.82 Å². The minimum Gasteiger partial charge on any atom is -0.368 e. The lowest BCUT2D eigenvalue weighted by molar-refractivity contribution is 0.632. The summed E-state index contributed by atoms with van der Waals surface area (Å²) in [5.74, 6) is 0.272. The summed E-state index contributed by atoms with van der Waals surface area (Å²) in [5.41, 5.74) is 7.83. The molecule has 0 aliphatic carbocycles. The monoisotopic (exact) mass is 523 g/mol. The van der Waals surface area contributed by atoms with Gasteiger partial charge in [-0.15, -0.1) is 0 Å². The fourth-order valence-electron chi connectivity index (χ4n) is 4.72. The molecule has 0 bridgehead atoms. The number of anilines is 2. The predicted octanol–water partition coefficient (Wildman–Crippen LogP) is 3.89. The Kier molecular flexibility index (Phi) is 6.77. The SMILES string of the molecule is CCCN(Cc1nc2ccc(F)c(-c3cnn(C)c3)c2c(=O)n1-c1ccccc1)c1nc(N)nc(C)c1C#N. The molecule has 0 aliphatic heterocycles. The molecule has 5 aromatic rings. The highest BCUT2D eigenvalue weighted by Gasteiger charge is 2.23. The summed E-state index contributed by atoms with van der Waals surface area (Å²) in [6.07, 6.45) is 3.91. The van der Waals surface area contributed by atoms with Crippen molar-refractivity contribution in [3.05, 3.63) is 88.1 Å². The minimum absolute atomic E-state index is 0.0473. The molecule has 10 nitrogen and oxygen atoms in total. The molecular weight excluding hydrogens is 497 g/mol. The third-order valence-electron chi connectivity index (χ3n) is 6.39. The zero-order chi connectivity index (χ0) is 27.7. The van der Waals surface area contributed by atoms with Crippen molar-refractivity contribution >= 4 is 22.7 Å². The van der Waals surface area contributed by atoms with Crippen LogP contribution >= 0.6 is 0 Å². The van der Waals surface area contributed by atoms with Gasteiger partial charge >= 0.3 is 0 Å². The van der Waals surface area contributed by atoms with Gasteiger partial charge in [0.1, 0.15) is 23.3 Å². The van der Waals surface area contributed by atoms with Gasteiger partial charge in [-0.2, -0.15) is 15.3 Å². The van der Waals surface area contributed by atoms with Crippen molar-refractivity contribution in [2.45, 2.75) is 26.8 Å². The Morgan fingerprint density at radius 2 is 1.90 bits per heavy atom. The van der Waals surface area contributed by atoms with Crippen molar-refractivity contribution in [1.82, 2.24) is 29.3 Å². The highest BCUT2D eigenvalue weighted by Crippen LogP contribution is 2.30. The number of hydrogen-bond donors (Lipinski definition) is 1. The Morgan fingerprint density at radius 3 is 2.56 bits per heavy atom. The lowest BCUT2D eigenvalue weighted by Gasteiger charge is -2.26. The van der Waals surface area contributed by atoms with E-state index in [1.807, 2.05) is 30.0 Å².